The van der Waals surface area contributed by atoms with Crippen molar-refractivity contribution in [2.45, 2.75) is 0 Å². The summed E-state index contributed by atoms with van der Waals surface area (Å²) < 4.78 is 2.39. The van der Waals surface area contributed by atoms with E-state index in [1.165, 1.54) is 8.92 Å². The average molecular weight is 519 g/mol. The molecule has 0 atom stereocenters. The Morgan fingerprint density at radius 2 is 0.800 bits per heavy atom. The van der Waals surface area contributed by atoms with Gasteiger partial charge in [-0.15, -0.1) is 0 Å². The van der Waals surface area contributed by atoms with Crippen molar-refractivity contribution in [1.82, 2.24) is 0 Å². The second-order valence-corrected chi connectivity index (χ2v) is 4.60. The van der Waals surface area contributed by atoms with Gasteiger partial charge in [0.25, 0.3) is 0 Å². The Morgan fingerprint density at radius 3 is 0.933 bits per heavy atom. The first-order valence-corrected chi connectivity index (χ1v) is 5.94. The summed E-state index contributed by atoms with van der Waals surface area (Å²) in [5, 5.41) is 0. The van der Waals surface area contributed by atoms with Crippen molar-refractivity contribution in [1.29, 1.82) is 0 Å². The van der Waals surface area contributed by atoms with E-state index in [9.17, 15) is 0 Å². The van der Waals surface area contributed by atoms with Crippen LogP contribution in [0.3, 0.4) is 0 Å². The van der Waals surface area contributed by atoms with Gasteiger partial charge in [-0.05, 0) is 0 Å². The second kappa shape index (κ2) is 9.61. The molecule has 2 radical (unpaired) electrons. The topological polar surface area (TPSA) is 0 Å². The summed E-state index contributed by atoms with van der Waals surface area (Å²) in [7, 11) is 0. The van der Waals surface area contributed by atoms with E-state index in [1.54, 1.807) is 0 Å². The summed E-state index contributed by atoms with van der Waals surface area (Å²) >= 11 is 5.80. The second-order valence-electron chi connectivity index (χ2n) is 2.63. The maximum absolute atomic E-state index is 2.90. The minimum atomic E-state index is 0. The predicted molar refractivity (Wildman–Crippen MR) is 69.4 cm³/mol. The molecule has 3 heteroatoms. The number of benzene rings is 2. The van der Waals surface area contributed by atoms with Gasteiger partial charge in [0.15, 0.2) is 0 Å². The van der Waals surface area contributed by atoms with Gasteiger partial charge in [0.2, 0.25) is 0 Å². The van der Waals surface area contributed by atoms with Crippen molar-refractivity contribution in [3.8, 4) is 0 Å². The van der Waals surface area contributed by atoms with Crippen molar-refractivity contribution in [3.05, 3.63) is 60.7 Å². The third-order valence-corrected chi connectivity index (χ3v) is 2.63. The van der Waals surface area contributed by atoms with Crippen molar-refractivity contribution < 1.29 is 0 Å². The first kappa shape index (κ1) is 15.4. The van der Waals surface area contributed by atoms with Crippen LogP contribution >= 0.6 is 0 Å². The van der Waals surface area contributed by atoms with Crippen LogP contribution in [0.2, 0.25) is 0 Å². The Balaban J connectivity index is 0.000000245. The number of hydrogen-bond acceptors (Lipinski definition) is 0. The molecule has 2 aromatic rings. The molecule has 0 amide bonds. The molecule has 0 aliphatic heterocycles. The van der Waals surface area contributed by atoms with Crippen LogP contribution in [-0.2, 0) is 0 Å². The molecular weight excluding hydrogens is 509 g/mol. The van der Waals surface area contributed by atoms with E-state index in [2.05, 4.69) is 32.0 Å². The Hall–Kier alpha value is 0.401. The molecule has 0 aliphatic carbocycles. The van der Waals surface area contributed by atoms with E-state index in [4.69, 9.17) is 0 Å². The van der Waals surface area contributed by atoms with Crippen LogP contribution in [0, 0.1) is 0 Å². The molecule has 0 heterocycles. The molecule has 0 nitrogen and oxygen atoms in total. The van der Waals surface area contributed by atoms with Gasteiger partial charge in [-0.25, -0.2) is 0 Å². The zero-order chi connectivity index (χ0) is 10.2. The Kier molecular flexibility index (Phi) is 9.87. The summed E-state index contributed by atoms with van der Waals surface area (Å²) in [5.74, 6) is 0. The fraction of sp³-hybridized carbons (Fsp3) is 0. The zero-order valence-electron chi connectivity index (χ0n) is 8.09. The Morgan fingerprint density at radius 1 is 0.533 bits per heavy atom. The Bertz CT molecular complexity index is 311. The molecule has 2 aromatic carbocycles. The van der Waals surface area contributed by atoms with Crippen LogP contribution in [0.15, 0.2) is 60.7 Å². The quantitative estimate of drug-likeness (QED) is 0.448. The van der Waals surface area contributed by atoms with Gasteiger partial charge in [0.05, 0.1) is 0 Å². The van der Waals surface area contributed by atoms with Crippen molar-refractivity contribution in [2.75, 3.05) is 0 Å². The summed E-state index contributed by atoms with van der Waals surface area (Å²) in [4.78, 5) is 0. The van der Waals surface area contributed by atoms with Crippen LogP contribution < -0.4 is 8.92 Å². The summed E-state index contributed by atoms with van der Waals surface area (Å²) in [6.07, 6.45) is 0. The van der Waals surface area contributed by atoms with Gasteiger partial charge in [-0.3, -0.25) is 0 Å². The van der Waals surface area contributed by atoms with E-state index in [1.807, 2.05) is 60.7 Å². The normalized spacial score (nSPS) is 8.00. The van der Waals surface area contributed by atoms with E-state index < -0.39 is 0 Å². The number of hydrogen-bond donors (Lipinski definition) is 0. The standard InChI is InChI=1S/2C6H6Se.Pb/c2*7-6-4-2-1-3-5-6;/h2*1-5,7H;/q;;+2/p-2. The average Bonchev–Trinajstić information content (AvgIpc) is 2.21. The SMILES string of the molecule is [Pb+2].[Se-]c1ccccc1.[Se-]c1ccccc1. The van der Waals surface area contributed by atoms with E-state index in [0.29, 0.717) is 0 Å². The number of rotatable bonds is 0. The van der Waals surface area contributed by atoms with Crippen LogP contribution in [0.4, 0.5) is 0 Å². The Labute approximate surface area is 128 Å². The molecule has 0 bridgehead atoms. The summed E-state index contributed by atoms with van der Waals surface area (Å²) in [5.41, 5.74) is 0. The van der Waals surface area contributed by atoms with Crippen molar-refractivity contribution >= 4 is 68.2 Å². The van der Waals surface area contributed by atoms with Gasteiger partial charge in [0, 0.05) is 0 Å². The predicted octanol–water partition coefficient (Wildman–Crippen LogP) is 0.580. The van der Waals surface area contributed by atoms with E-state index in [0.717, 1.165) is 0 Å². The molecule has 0 aliphatic rings. The molecule has 0 fully saturated rings. The van der Waals surface area contributed by atoms with Gasteiger partial charge in [0.1, 0.15) is 0 Å². The first-order valence-electron chi connectivity index (χ1n) is 4.23. The fourth-order valence-corrected chi connectivity index (χ4v) is 1.50. The van der Waals surface area contributed by atoms with Gasteiger partial charge in [-0.2, -0.15) is 0 Å². The monoisotopic (exact) mass is 522 g/mol. The molecule has 0 aromatic heterocycles. The summed E-state index contributed by atoms with van der Waals surface area (Å²) in [6, 6.07) is 20.1. The third kappa shape index (κ3) is 8.23. The summed E-state index contributed by atoms with van der Waals surface area (Å²) in [6.45, 7) is 0. The molecule has 0 unspecified atom stereocenters. The van der Waals surface area contributed by atoms with Crippen LogP contribution in [-0.4, -0.2) is 59.3 Å². The van der Waals surface area contributed by atoms with Crippen LogP contribution in [0.1, 0.15) is 0 Å². The molecule has 15 heavy (non-hydrogen) atoms. The third-order valence-electron chi connectivity index (χ3n) is 1.49. The molecule has 0 saturated carbocycles. The van der Waals surface area contributed by atoms with Crippen LogP contribution in [0.25, 0.3) is 0 Å². The maximum atomic E-state index is 2.90. The van der Waals surface area contributed by atoms with E-state index >= 15 is 0 Å². The molecular formula is C12H10PbSe2. The molecule has 2 rings (SSSR count). The van der Waals surface area contributed by atoms with Crippen molar-refractivity contribution in [3.63, 3.8) is 0 Å². The van der Waals surface area contributed by atoms with Gasteiger partial charge >= 0.3 is 129 Å². The van der Waals surface area contributed by atoms with Crippen molar-refractivity contribution in [2.24, 2.45) is 0 Å². The van der Waals surface area contributed by atoms with Gasteiger partial charge in [-0.1, -0.05) is 0 Å². The fourth-order valence-electron chi connectivity index (χ4n) is 0.841. The van der Waals surface area contributed by atoms with E-state index in [-0.39, 0.29) is 27.3 Å². The zero-order valence-corrected chi connectivity index (χ0v) is 15.4. The molecule has 0 saturated heterocycles. The van der Waals surface area contributed by atoms with Gasteiger partial charge < -0.3 is 0 Å². The molecule has 0 N–H and O–H groups in total. The first-order chi connectivity index (χ1) is 6.79. The molecule has 0 spiro atoms. The minimum absolute atomic E-state index is 0. The molecule has 74 valence electrons. The van der Waals surface area contributed by atoms with Crippen LogP contribution in [0.5, 0.6) is 0 Å².